The minimum Gasteiger partial charge on any atom is -0.245 e. The minimum absolute atomic E-state index is 0.0367. The number of nitrogens with one attached hydrogen (secondary N) is 1. The van der Waals surface area contributed by atoms with Crippen molar-refractivity contribution >= 4 is 12.2 Å². The molecule has 0 aliphatic heterocycles. The van der Waals surface area contributed by atoms with Gasteiger partial charge in [-0.15, -0.1) is 0 Å². The van der Waals surface area contributed by atoms with E-state index in [1.54, 1.807) is 6.07 Å². The molecule has 9 heteroatoms. The van der Waals surface area contributed by atoms with E-state index in [4.69, 9.17) is 0 Å². The lowest BCUT2D eigenvalue weighted by Crippen LogP contribution is -2.07. The molecule has 4 aromatic rings. The molecule has 0 spiro atoms. The van der Waals surface area contributed by atoms with Gasteiger partial charge in [0.15, 0.2) is 23.3 Å². The van der Waals surface area contributed by atoms with Crippen LogP contribution in [0.4, 0.5) is 27.9 Å². The topological polar surface area (TPSA) is 50.2 Å². The number of hydrogen-bond donors (Lipinski definition) is 1. The Morgan fingerprint density at radius 3 is 1.53 bits per heavy atom. The Labute approximate surface area is 179 Å². The first-order valence-electron chi connectivity index (χ1n) is 9.26. The van der Waals surface area contributed by atoms with Crippen LogP contribution < -0.4 is 5.43 Å². The van der Waals surface area contributed by atoms with Gasteiger partial charge in [-0.2, -0.15) is 5.10 Å². The van der Waals surface area contributed by atoms with E-state index in [1.165, 1.54) is 0 Å². The van der Waals surface area contributed by atoms with Crippen LogP contribution in [-0.2, 0) is 0 Å². The smallest absolute Gasteiger partial charge is 0.244 e. The summed E-state index contributed by atoms with van der Waals surface area (Å²) in [6.07, 6.45) is 0.483. The first kappa shape index (κ1) is 21.1. The quantitative estimate of drug-likeness (QED) is 0.137. The van der Waals surface area contributed by atoms with Gasteiger partial charge < -0.3 is 0 Å². The predicted molar refractivity (Wildman–Crippen MR) is 110 cm³/mol. The van der Waals surface area contributed by atoms with Crippen LogP contribution in [0.2, 0.25) is 0 Å². The first-order valence-corrected chi connectivity index (χ1v) is 9.26. The summed E-state index contributed by atoms with van der Waals surface area (Å²) in [5.74, 6) is -10.4. The summed E-state index contributed by atoms with van der Waals surface area (Å²) in [5.41, 5.74) is 3.84. The molecule has 1 N–H and O–H groups in total. The number of aromatic nitrogens is 2. The minimum atomic E-state index is -2.24. The number of anilines is 1. The molecule has 1 aromatic heterocycles. The Balaban J connectivity index is 1.71. The van der Waals surface area contributed by atoms with Crippen LogP contribution in [0.25, 0.3) is 22.5 Å². The molecule has 0 bridgehead atoms. The molecule has 4 rings (SSSR count). The highest BCUT2D eigenvalue weighted by Crippen LogP contribution is 2.25. The molecule has 160 valence electrons. The van der Waals surface area contributed by atoms with Gasteiger partial charge in [-0.1, -0.05) is 60.7 Å². The molecule has 1 heterocycles. The molecule has 0 radical (unpaired) electrons. The molecule has 0 fully saturated rings. The third-order valence-corrected chi connectivity index (χ3v) is 4.47. The summed E-state index contributed by atoms with van der Waals surface area (Å²) in [4.78, 5) is 8.65. The fraction of sp³-hybridized carbons (Fsp3) is 0. The van der Waals surface area contributed by atoms with Crippen molar-refractivity contribution in [3.05, 3.63) is 101 Å². The number of hydrogen-bond acceptors (Lipinski definition) is 4. The summed E-state index contributed by atoms with van der Waals surface area (Å²) < 4.78 is 67.6. The summed E-state index contributed by atoms with van der Waals surface area (Å²) >= 11 is 0. The van der Waals surface area contributed by atoms with Crippen molar-refractivity contribution in [2.75, 3.05) is 5.43 Å². The Morgan fingerprint density at radius 1 is 0.625 bits per heavy atom. The van der Waals surface area contributed by atoms with Crippen molar-refractivity contribution in [2.45, 2.75) is 0 Å². The molecule has 0 atom stereocenters. The maximum absolute atomic E-state index is 13.8. The van der Waals surface area contributed by atoms with Crippen molar-refractivity contribution in [1.29, 1.82) is 0 Å². The lowest BCUT2D eigenvalue weighted by Gasteiger charge is -2.08. The molecule has 0 unspecified atom stereocenters. The lowest BCUT2D eigenvalue weighted by molar-refractivity contribution is 0.377. The summed E-state index contributed by atoms with van der Waals surface area (Å²) in [5, 5.41) is 3.58. The van der Waals surface area contributed by atoms with Crippen molar-refractivity contribution in [2.24, 2.45) is 5.10 Å². The van der Waals surface area contributed by atoms with Crippen LogP contribution in [0.15, 0.2) is 71.8 Å². The molecule has 0 saturated carbocycles. The van der Waals surface area contributed by atoms with Crippen LogP contribution in [-0.4, -0.2) is 16.2 Å². The van der Waals surface area contributed by atoms with Crippen LogP contribution >= 0.6 is 0 Å². The largest absolute Gasteiger partial charge is 0.245 e. The molecular weight excluding hydrogens is 427 g/mol. The van der Waals surface area contributed by atoms with Gasteiger partial charge in [0.2, 0.25) is 11.8 Å². The van der Waals surface area contributed by atoms with Gasteiger partial charge in [-0.05, 0) is 6.07 Å². The second-order valence-corrected chi connectivity index (χ2v) is 6.55. The van der Waals surface area contributed by atoms with Crippen LogP contribution in [0.3, 0.4) is 0 Å². The number of nitrogens with zero attached hydrogens (tertiary/aromatic N) is 3. The summed E-state index contributed by atoms with van der Waals surface area (Å²) in [6.45, 7) is 0. The number of halogens is 5. The maximum atomic E-state index is 13.8. The zero-order valence-corrected chi connectivity index (χ0v) is 16.2. The van der Waals surface area contributed by atoms with Gasteiger partial charge in [-0.3, -0.25) is 0 Å². The van der Waals surface area contributed by atoms with E-state index in [9.17, 15) is 22.0 Å². The van der Waals surface area contributed by atoms with Crippen LogP contribution in [0.5, 0.6) is 0 Å². The van der Waals surface area contributed by atoms with Crippen LogP contribution in [0, 0.1) is 29.1 Å². The van der Waals surface area contributed by atoms with Gasteiger partial charge in [-0.25, -0.2) is 37.3 Å². The number of rotatable bonds is 5. The third-order valence-electron chi connectivity index (χ3n) is 4.47. The fourth-order valence-electron chi connectivity index (χ4n) is 2.90. The first-order chi connectivity index (χ1) is 15.5. The van der Waals surface area contributed by atoms with Gasteiger partial charge >= 0.3 is 0 Å². The zero-order valence-electron chi connectivity index (χ0n) is 16.2. The average Bonchev–Trinajstić information content (AvgIpc) is 2.84. The Kier molecular flexibility index (Phi) is 5.89. The second-order valence-electron chi connectivity index (χ2n) is 6.55. The van der Waals surface area contributed by atoms with E-state index >= 15 is 0 Å². The highest BCUT2D eigenvalue weighted by Gasteiger charge is 2.24. The molecule has 4 nitrogen and oxygen atoms in total. The van der Waals surface area contributed by atoms with Crippen molar-refractivity contribution in [3.8, 4) is 22.5 Å². The highest BCUT2D eigenvalue weighted by atomic mass is 19.2. The van der Waals surface area contributed by atoms with E-state index in [1.807, 2.05) is 60.7 Å². The van der Waals surface area contributed by atoms with Gasteiger partial charge in [0.05, 0.1) is 23.2 Å². The Morgan fingerprint density at radius 2 is 1.06 bits per heavy atom. The Bertz CT molecular complexity index is 1210. The van der Waals surface area contributed by atoms with Crippen molar-refractivity contribution < 1.29 is 22.0 Å². The molecular formula is C23H13F5N4. The van der Waals surface area contributed by atoms with Crippen molar-refractivity contribution in [1.82, 2.24) is 9.97 Å². The van der Waals surface area contributed by atoms with E-state index in [2.05, 4.69) is 20.5 Å². The zero-order chi connectivity index (χ0) is 22.7. The average molecular weight is 440 g/mol. The summed E-state index contributed by atoms with van der Waals surface area (Å²) in [7, 11) is 0. The predicted octanol–water partition coefficient (Wildman–Crippen LogP) is 5.95. The number of hydrazone groups is 1. The standard InChI is InChI=1S/C23H13F5N4/c24-18-15(19(25)21(27)22(28)20(18)26)12-29-32-23-30-16(13-7-3-1-4-8-13)11-17(31-23)14-9-5-2-6-10-14/h1-12H,(H,30,31,32)/b29-12-. The second kappa shape index (κ2) is 8.93. The van der Waals surface area contributed by atoms with E-state index in [-0.39, 0.29) is 5.95 Å². The van der Waals surface area contributed by atoms with E-state index in [0.29, 0.717) is 17.6 Å². The third kappa shape index (κ3) is 4.18. The molecule has 0 saturated heterocycles. The fourth-order valence-corrected chi connectivity index (χ4v) is 2.90. The van der Waals surface area contributed by atoms with E-state index < -0.39 is 34.6 Å². The summed E-state index contributed by atoms with van der Waals surface area (Å²) in [6, 6.07) is 20.1. The lowest BCUT2D eigenvalue weighted by atomic mass is 10.1. The Hall–Kier alpha value is -4.14. The molecule has 32 heavy (non-hydrogen) atoms. The van der Waals surface area contributed by atoms with Gasteiger partial charge in [0.25, 0.3) is 0 Å². The van der Waals surface area contributed by atoms with Gasteiger partial charge in [0.1, 0.15) is 0 Å². The van der Waals surface area contributed by atoms with Gasteiger partial charge in [0, 0.05) is 11.1 Å². The molecule has 0 aliphatic carbocycles. The van der Waals surface area contributed by atoms with Crippen LogP contribution in [0.1, 0.15) is 5.56 Å². The maximum Gasteiger partial charge on any atom is 0.244 e. The molecule has 3 aromatic carbocycles. The highest BCUT2D eigenvalue weighted by molar-refractivity contribution is 5.81. The van der Waals surface area contributed by atoms with E-state index in [0.717, 1.165) is 11.1 Å². The number of benzene rings is 3. The van der Waals surface area contributed by atoms with Crippen molar-refractivity contribution in [3.63, 3.8) is 0 Å². The SMILES string of the molecule is Fc1c(F)c(F)c(/C=N\Nc2nc(-c3ccccc3)cc(-c3ccccc3)n2)c(F)c1F. The molecule has 0 amide bonds. The normalized spacial score (nSPS) is 11.2. The monoisotopic (exact) mass is 440 g/mol. The molecule has 0 aliphatic rings.